The number of anilines is 1. The van der Waals surface area contributed by atoms with Crippen LogP contribution >= 0.6 is 15.9 Å². The third-order valence-corrected chi connectivity index (χ3v) is 4.83. The minimum atomic E-state index is -0.761. The lowest BCUT2D eigenvalue weighted by Crippen LogP contribution is -2.34. The van der Waals surface area contributed by atoms with Crippen LogP contribution in [0.1, 0.15) is 33.3 Å². The number of rotatable bonds is 4. The van der Waals surface area contributed by atoms with Crippen LogP contribution in [0.25, 0.3) is 22.2 Å². The van der Waals surface area contributed by atoms with E-state index in [1.54, 1.807) is 33.8 Å². The van der Waals surface area contributed by atoms with E-state index in [-0.39, 0.29) is 5.56 Å². The number of carbonyl (C=O) groups excluding carboxylic acids is 1. The molecular weight excluding hydrogens is 449 g/mol. The van der Waals surface area contributed by atoms with Crippen molar-refractivity contribution in [1.29, 1.82) is 5.26 Å². The number of fused-ring (bicyclic) bond motifs is 1. The molecule has 7 heteroatoms. The highest BCUT2D eigenvalue weighted by Crippen LogP contribution is 2.35. The van der Waals surface area contributed by atoms with E-state index in [2.05, 4.69) is 32.3 Å². The minimum absolute atomic E-state index is 0.228. The Kier molecular flexibility index (Phi) is 6.09. The first-order valence-electron chi connectivity index (χ1n) is 9.38. The molecule has 0 spiro atoms. The number of benzene rings is 2. The van der Waals surface area contributed by atoms with Gasteiger partial charge in [0.2, 0.25) is 0 Å². The molecule has 0 unspecified atom stereocenters. The molecule has 1 N–H and O–H groups in total. The molecule has 30 heavy (non-hydrogen) atoms. The van der Waals surface area contributed by atoms with Crippen LogP contribution in [-0.2, 0) is 9.53 Å². The molecule has 0 bridgehead atoms. The highest BCUT2D eigenvalue weighted by Gasteiger charge is 2.25. The van der Waals surface area contributed by atoms with E-state index < -0.39 is 23.4 Å². The van der Waals surface area contributed by atoms with Gasteiger partial charge in [0.1, 0.15) is 29.1 Å². The molecule has 0 aliphatic carbocycles. The fraction of sp³-hybridized carbons (Fsp3) is 0.261. The van der Waals surface area contributed by atoms with Crippen molar-refractivity contribution in [3.63, 3.8) is 0 Å². The molecule has 3 aromatic rings. The maximum atomic E-state index is 14.0. The molecule has 1 heterocycles. The number of esters is 1. The first kappa shape index (κ1) is 21.7. The van der Waals surface area contributed by atoms with Gasteiger partial charge in [-0.1, -0.05) is 28.1 Å². The molecule has 0 fully saturated rings. The fourth-order valence-corrected chi connectivity index (χ4v) is 3.24. The zero-order valence-corrected chi connectivity index (χ0v) is 18.7. The number of halogens is 2. The summed E-state index contributed by atoms with van der Waals surface area (Å²) < 4.78 is 20.3. The summed E-state index contributed by atoms with van der Waals surface area (Å²) in [5.41, 5.74) is 1.60. The van der Waals surface area contributed by atoms with Gasteiger partial charge in [0.25, 0.3) is 0 Å². The molecule has 1 aromatic heterocycles. The maximum absolute atomic E-state index is 14.0. The first-order valence-corrected chi connectivity index (χ1v) is 10.2. The van der Waals surface area contributed by atoms with E-state index in [0.717, 1.165) is 10.0 Å². The van der Waals surface area contributed by atoms with Crippen LogP contribution in [0.3, 0.4) is 0 Å². The molecule has 3 rings (SSSR count). The number of nitrogens with zero attached hydrogens (tertiary/aromatic N) is 2. The van der Waals surface area contributed by atoms with Gasteiger partial charge in [0.15, 0.2) is 0 Å². The van der Waals surface area contributed by atoms with Gasteiger partial charge in [0, 0.05) is 15.4 Å². The summed E-state index contributed by atoms with van der Waals surface area (Å²) in [6.07, 6.45) is 0. The number of ether oxygens (including phenoxy) is 1. The third kappa shape index (κ3) is 4.77. The topological polar surface area (TPSA) is 75.0 Å². The van der Waals surface area contributed by atoms with Crippen molar-refractivity contribution >= 4 is 38.5 Å². The summed E-state index contributed by atoms with van der Waals surface area (Å²) >= 11 is 3.40. The molecule has 0 aliphatic rings. The first-order chi connectivity index (χ1) is 14.1. The highest BCUT2D eigenvalue weighted by molar-refractivity contribution is 9.10. The van der Waals surface area contributed by atoms with Crippen LogP contribution in [0.15, 0.2) is 46.9 Å². The lowest BCUT2D eigenvalue weighted by molar-refractivity contribution is -0.155. The summed E-state index contributed by atoms with van der Waals surface area (Å²) in [4.78, 5) is 17.1. The maximum Gasteiger partial charge on any atom is 0.328 e. The molecule has 5 nitrogen and oxygen atoms in total. The zero-order chi connectivity index (χ0) is 22.1. The Labute approximate surface area is 183 Å². The largest absolute Gasteiger partial charge is 0.458 e. The van der Waals surface area contributed by atoms with Crippen LogP contribution in [0, 0.1) is 17.1 Å². The summed E-state index contributed by atoms with van der Waals surface area (Å²) in [6, 6.07) is 13.0. The van der Waals surface area contributed by atoms with Crippen molar-refractivity contribution in [2.75, 3.05) is 5.32 Å². The van der Waals surface area contributed by atoms with Crippen LogP contribution < -0.4 is 5.32 Å². The van der Waals surface area contributed by atoms with Gasteiger partial charge in [0.05, 0.1) is 16.9 Å². The van der Waals surface area contributed by atoms with Gasteiger partial charge in [-0.3, -0.25) is 0 Å². The number of pyridine rings is 1. The second kappa shape index (κ2) is 8.41. The predicted molar refractivity (Wildman–Crippen MR) is 118 cm³/mol. The van der Waals surface area contributed by atoms with Gasteiger partial charge in [-0.25, -0.2) is 14.2 Å². The number of hydrogen-bond donors (Lipinski definition) is 1. The third-order valence-electron chi connectivity index (χ3n) is 4.30. The van der Waals surface area contributed by atoms with Crippen molar-refractivity contribution in [3.05, 3.63) is 58.3 Å². The van der Waals surface area contributed by atoms with E-state index in [9.17, 15) is 14.4 Å². The molecule has 0 saturated carbocycles. The lowest BCUT2D eigenvalue weighted by Gasteiger charge is -2.24. The monoisotopic (exact) mass is 469 g/mol. The molecular formula is C23H21BrFN3O2. The Morgan fingerprint density at radius 1 is 1.23 bits per heavy atom. The summed E-state index contributed by atoms with van der Waals surface area (Å²) in [7, 11) is 0. The fourth-order valence-electron chi connectivity index (χ4n) is 2.98. The molecule has 0 radical (unpaired) electrons. The second-order valence-electron chi connectivity index (χ2n) is 7.89. The van der Waals surface area contributed by atoms with Crippen molar-refractivity contribution in [3.8, 4) is 17.3 Å². The Bertz CT molecular complexity index is 1150. The number of nitrogens with one attached hydrogen (secondary N) is 1. The number of carbonyl (C=O) groups is 1. The van der Waals surface area contributed by atoms with E-state index in [0.29, 0.717) is 22.3 Å². The normalized spacial score (nSPS) is 12.3. The molecule has 0 saturated heterocycles. The van der Waals surface area contributed by atoms with E-state index in [1.165, 1.54) is 12.1 Å². The Hall–Kier alpha value is -2.98. The van der Waals surface area contributed by atoms with Gasteiger partial charge in [-0.2, -0.15) is 5.26 Å². The Balaban J connectivity index is 2.17. The Morgan fingerprint density at radius 3 is 2.50 bits per heavy atom. The number of hydrogen-bond acceptors (Lipinski definition) is 5. The van der Waals surface area contributed by atoms with E-state index >= 15 is 0 Å². The van der Waals surface area contributed by atoms with Crippen LogP contribution in [-0.4, -0.2) is 22.6 Å². The van der Waals surface area contributed by atoms with Gasteiger partial charge in [-0.05, 0) is 58.0 Å². The molecule has 0 aliphatic heterocycles. The van der Waals surface area contributed by atoms with E-state index in [1.807, 2.05) is 24.3 Å². The average molecular weight is 470 g/mol. The van der Waals surface area contributed by atoms with E-state index in [4.69, 9.17) is 4.74 Å². The number of nitriles is 1. The SMILES string of the molecule is C[C@@H](Nc1c(C#N)c(-c2ccc(Br)cc2)nc2ccc(F)cc12)C(=O)OC(C)(C)C. The van der Waals surface area contributed by atoms with Crippen molar-refractivity contribution in [1.82, 2.24) is 4.98 Å². The second-order valence-corrected chi connectivity index (χ2v) is 8.81. The van der Waals surface area contributed by atoms with Crippen molar-refractivity contribution in [2.45, 2.75) is 39.3 Å². The van der Waals surface area contributed by atoms with Gasteiger partial charge < -0.3 is 10.1 Å². The quantitative estimate of drug-likeness (QED) is 0.487. The van der Waals surface area contributed by atoms with Crippen LogP contribution in [0.2, 0.25) is 0 Å². The predicted octanol–water partition coefficient (Wildman–Crippen LogP) is 5.82. The zero-order valence-electron chi connectivity index (χ0n) is 17.1. The molecule has 0 amide bonds. The molecule has 154 valence electrons. The van der Waals surface area contributed by atoms with Crippen LogP contribution in [0.5, 0.6) is 0 Å². The lowest BCUT2D eigenvalue weighted by atomic mass is 10.0. The van der Waals surface area contributed by atoms with Crippen molar-refractivity contribution < 1.29 is 13.9 Å². The summed E-state index contributed by atoms with van der Waals surface area (Å²) in [5, 5.41) is 13.4. The minimum Gasteiger partial charge on any atom is -0.458 e. The molecule has 1 atom stereocenters. The van der Waals surface area contributed by atoms with Gasteiger partial charge >= 0.3 is 5.97 Å². The Morgan fingerprint density at radius 2 is 1.90 bits per heavy atom. The number of aromatic nitrogens is 1. The molecule has 2 aromatic carbocycles. The average Bonchev–Trinajstić information content (AvgIpc) is 2.67. The summed E-state index contributed by atoms with van der Waals surface area (Å²) in [6.45, 7) is 6.98. The van der Waals surface area contributed by atoms with Gasteiger partial charge in [-0.15, -0.1) is 0 Å². The van der Waals surface area contributed by atoms with Crippen LogP contribution in [0.4, 0.5) is 10.1 Å². The van der Waals surface area contributed by atoms with Crippen molar-refractivity contribution in [2.24, 2.45) is 0 Å². The smallest absolute Gasteiger partial charge is 0.328 e. The standard InChI is InChI=1S/C23H21BrFN3O2/c1-13(22(29)30-23(2,3)4)27-21-17-11-16(25)9-10-19(17)28-20(18(21)12-26)14-5-7-15(24)8-6-14/h5-11,13H,1-4H3,(H,27,28)/t13-/m1/s1. The summed E-state index contributed by atoms with van der Waals surface area (Å²) in [5.74, 6) is -0.935. The highest BCUT2D eigenvalue weighted by atomic mass is 79.9.